The number of methoxy groups -OCH3 is 1. The molecule has 0 saturated heterocycles. The van der Waals surface area contributed by atoms with Crippen LogP contribution in [0.1, 0.15) is 12.1 Å². The Bertz CT molecular complexity index is 325. The van der Waals surface area contributed by atoms with E-state index in [1.165, 1.54) is 0 Å². The second kappa shape index (κ2) is 6.91. The fourth-order valence-corrected chi connectivity index (χ4v) is 1.16. The lowest BCUT2D eigenvalue weighted by Gasteiger charge is -1.99. The van der Waals surface area contributed by atoms with Crippen LogP contribution in [0.3, 0.4) is 0 Å². The molecule has 16 heavy (non-hydrogen) atoms. The molecule has 7 nitrogen and oxygen atoms in total. The van der Waals surface area contributed by atoms with Crippen molar-refractivity contribution in [3.05, 3.63) is 11.9 Å². The van der Waals surface area contributed by atoms with Gasteiger partial charge in [-0.2, -0.15) is 0 Å². The number of aryl methyl sites for hydroxylation is 1. The molecule has 0 unspecified atom stereocenters. The van der Waals surface area contributed by atoms with Gasteiger partial charge in [-0.05, 0) is 6.42 Å². The van der Waals surface area contributed by atoms with Crippen LogP contribution in [0.25, 0.3) is 0 Å². The summed E-state index contributed by atoms with van der Waals surface area (Å²) in [6.07, 6.45) is 2.68. The molecule has 0 saturated carbocycles. The summed E-state index contributed by atoms with van der Waals surface area (Å²) in [6.45, 7) is 1.80. The maximum Gasteiger partial charge on any atom is 0.234 e. The first-order valence-electron chi connectivity index (χ1n) is 5.11. The molecule has 3 N–H and O–H groups in total. The summed E-state index contributed by atoms with van der Waals surface area (Å²) in [4.78, 5) is 10.9. The number of nitrogens with one attached hydrogen (secondary N) is 1. The first kappa shape index (κ1) is 12.6. The van der Waals surface area contributed by atoms with Crippen molar-refractivity contribution in [2.75, 3.05) is 20.3 Å². The van der Waals surface area contributed by atoms with E-state index in [2.05, 4.69) is 15.6 Å². The average molecular weight is 227 g/mol. The molecule has 0 fully saturated rings. The van der Waals surface area contributed by atoms with Crippen molar-refractivity contribution in [2.24, 2.45) is 5.73 Å². The van der Waals surface area contributed by atoms with Crippen molar-refractivity contribution >= 4 is 5.91 Å². The molecule has 0 spiro atoms. The highest BCUT2D eigenvalue weighted by molar-refractivity contribution is 5.77. The van der Waals surface area contributed by atoms with Crippen LogP contribution in [0.4, 0.5) is 0 Å². The first-order chi connectivity index (χ1) is 7.76. The van der Waals surface area contributed by atoms with Gasteiger partial charge in [0.1, 0.15) is 5.69 Å². The Hall–Kier alpha value is -1.47. The highest BCUT2D eigenvalue weighted by Crippen LogP contribution is 1.94. The van der Waals surface area contributed by atoms with Crippen molar-refractivity contribution in [1.29, 1.82) is 0 Å². The summed E-state index contributed by atoms with van der Waals surface area (Å²) < 4.78 is 6.66. The predicted molar refractivity (Wildman–Crippen MR) is 57.4 cm³/mol. The van der Waals surface area contributed by atoms with E-state index in [1.54, 1.807) is 18.0 Å². The molecule has 0 bridgehead atoms. The summed E-state index contributed by atoms with van der Waals surface area (Å²) in [6, 6.07) is 0. The minimum atomic E-state index is -0.200. The normalized spacial score (nSPS) is 10.4. The van der Waals surface area contributed by atoms with E-state index in [-0.39, 0.29) is 12.5 Å². The van der Waals surface area contributed by atoms with Gasteiger partial charge in [-0.15, -0.1) is 5.10 Å². The number of amides is 1. The van der Waals surface area contributed by atoms with Crippen molar-refractivity contribution < 1.29 is 9.53 Å². The molecule has 0 aromatic carbocycles. The van der Waals surface area contributed by atoms with E-state index in [0.717, 1.165) is 18.7 Å². The van der Waals surface area contributed by atoms with Gasteiger partial charge in [0, 0.05) is 20.3 Å². The minimum absolute atomic E-state index is 0.0119. The largest absolute Gasteiger partial charge is 0.385 e. The van der Waals surface area contributed by atoms with Gasteiger partial charge >= 0.3 is 0 Å². The quantitative estimate of drug-likeness (QED) is 0.576. The van der Waals surface area contributed by atoms with Crippen LogP contribution in [0.2, 0.25) is 0 Å². The topological polar surface area (TPSA) is 95.1 Å². The van der Waals surface area contributed by atoms with Gasteiger partial charge in [-0.3, -0.25) is 9.48 Å². The Morgan fingerprint density at radius 2 is 2.50 bits per heavy atom. The van der Waals surface area contributed by atoms with Crippen LogP contribution in [-0.2, 0) is 22.6 Å². The Labute approximate surface area is 93.9 Å². The zero-order valence-electron chi connectivity index (χ0n) is 9.35. The highest BCUT2D eigenvalue weighted by Gasteiger charge is 2.02. The molecule has 7 heteroatoms. The van der Waals surface area contributed by atoms with Crippen molar-refractivity contribution in [2.45, 2.75) is 19.5 Å². The number of ether oxygens (including phenoxy) is 1. The van der Waals surface area contributed by atoms with Crippen LogP contribution in [0.15, 0.2) is 6.20 Å². The van der Waals surface area contributed by atoms with E-state index in [4.69, 9.17) is 10.5 Å². The molecule has 1 rings (SSSR count). The number of hydrogen-bond acceptors (Lipinski definition) is 5. The number of nitrogens with two attached hydrogens (primary N) is 1. The molecule has 0 aliphatic heterocycles. The fraction of sp³-hybridized carbons (Fsp3) is 0.667. The molecule has 1 aromatic rings. The van der Waals surface area contributed by atoms with Crippen molar-refractivity contribution in [3.63, 3.8) is 0 Å². The van der Waals surface area contributed by atoms with Gasteiger partial charge in [0.05, 0.1) is 19.3 Å². The van der Waals surface area contributed by atoms with Gasteiger partial charge in [0.25, 0.3) is 0 Å². The maximum absolute atomic E-state index is 10.9. The Kier molecular flexibility index (Phi) is 5.44. The molecule has 1 aromatic heterocycles. The molecule has 90 valence electrons. The van der Waals surface area contributed by atoms with Gasteiger partial charge in [0.15, 0.2) is 0 Å². The van der Waals surface area contributed by atoms with Gasteiger partial charge in [0.2, 0.25) is 5.91 Å². The third-order valence-electron chi connectivity index (χ3n) is 1.97. The van der Waals surface area contributed by atoms with E-state index >= 15 is 0 Å². The zero-order valence-corrected chi connectivity index (χ0v) is 9.35. The molecule has 1 amide bonds. The monoisotopic (exact) mass is 227 g/mol. The lowest BCUT2D eigenvalue weighted by atomic mass is 10.4. The van der Waals surface area contributed by atoms with Crippen molar-refractivity contribution in [1.82, 2.24) is 20.3 Å². The van der Waals surface area contributed by atoms with E-state index in [0.29, 0.717) is 13.2 Å². The number of nitrogens with zero attached hydrogens (tertiary/aromatic N) is 3. The standard InChI is InChI=1S/C9H17N5O2/c1-16-4-2-3-14-7-8(12-13-14)6-11-9(15)5-10/h7H,2-6,10H2,1H3,(H,11,15). The van der Waals surface area contributed by atoms with E-state index < -0.39 is 0 Å². The van der Waals surface area contributed by atoms with E-state index in [9.17, 15) is 4.79 Å². The van der Waals surface area contributed by atoms with Crippen LogP contribution in [0, 0.1) is 0 Å². The maximum atomic E-state index is 10.9. The summed E-state index contributed by atoms with van der Waals surface area (Å²) in [7, 11) is 1.66. The Morgan fingerprint density at radius 3 is 3.19 bits per heavy atom. The SMILES string of the molecule is COCCCn1cc(CNC(=O)CN)nn1. The second-order valence-corrected chi connectivity index (χ2v) is 3.30. The van der Waals surface area contributed by atoms with E-state index in [1.807, 2.05) is 0 Å². The smallest absolute Gasteiger partial charge is 0.234 e. The van der Waals surface area contributed by atoms with Crippen LogP contribution >= 0.6 is 0 Å². The summed E-state index contributed by atoms with van der Waals surface area (Å²) in [5.74, 6) is -0.200. The molecule has 0 aliphatic rings. The lowest BCUT2D eigenvalue weighted by Crippen LogP contribution is -2.29. The molecule has 0 aliphatic carbocycles. The molecule has 0 radical (unpaired) electrons. The molecular formula is C9H17N5O2. The summed E-state index contributed by atoms with van der Waals surface area (Å²) >= 11 is 0. The van der Waals surface area contributed by atoms with Crippen LogP contribution < -0.4 is 11.1 Å². The second-order valence-electron chi connectivity index (χ2n) is 3.30. The van der Waals surface area contributed by atoms with Gasteiger partial charge in [-0.1, -0.05) is 5.21 Å². The zero-order chi connectivity index (χ0) is 11.8. The van der Waals surface area contributed by atoms with Gasteiger partial charge < -0.3 is 15.8 Å². The molecule has 0 atom stereocenters. The lowest BCUT2D eigenvalue weighted by molar-refractivity contribution is -0.119. The number of hydrogen-bond donors (Lipinski definition) is 2. The third-order valence-corrected chi connectivity index (χ3v) is 1.97. The number of carbonyl (C=O) groups excluding carboxylic acids is 1. The first-order valence-corrected chi connectivity index (χ1v) is 5.11. The summed E-state index contributed by atoms with van der Waals surface area (Å²) in [5, 5.41) is 10.5. The molecular weight excluding hydrogens is 210 g/mol. The van der Waals surface area contributed by atoms with Gasteiger partial charge in [-0.25, -0.2) is 0 Å². The number of carbonyl (C=O) groups is 1. The Balaban J connectivity index is 2.30. The number of aromatic nitrogens is 3. The van der Waals surface area contributed by atoms with Crippen molar-refractivity contribution in [3.8, 4) is 0 Å². The van der Waals surface area contributed by atoms with Crippen LogP contribution in [-0.4, -0.2) is 41.2 Å². The third kappa shape index (κ3) is 4.37. The van der Waals surface area contributed by atoms with Crippen LogP contribution in [0.5, 0.6) is 0 Å². The highest BCUT2D eigenvalue weighted by atomic mass is 16.5. The summed E-state index contributed by atoms with van der Waals surface area (Å²) in [5.41, 5.74) is 5.88. The molecule has 1 heterocycles. The predicted octanol–water partition coefficient (Wildman–Crippen LogP) is -1.11. The number of rotatable bonds is 7. The Morgan fingerprint density at radius 1 is 1.69 bits per heavy atom. The average Bonchev–Trinajstić information content (AvgIpc) is 2.74. The minimum Gasteiger partial charge on any atom is -0.385 e. The fourth-order valence-electron chi connectivity index (χ4n) is 1.16.